The summed E-state index contributed by atoms with van der Waals surface area (Å²) >= 11 is 0. The van der Waals surface area contributed by atoms with Gasteiger partial charge in [-0.3, -0.25) is 4.79 Å². The molecular formula is C15H19N5O. The first-order chi connectivity index (χ1) is 10.1. The predicted octanol–water partition coefficient (Wildman–Crippen LogP) is 1.51. The minimum absolute atomic E-state index is 0.199. The highest BCUT2D eigenvalue weighted by molar-refractivity contribution is 5.92. The van der Waals surface area contributed by atoms with Crippen LogP contribution >= 0.6 is 0 Å². The van der Waals surface area contributed by atoms with Crippen molar-refractivity contribution in [1.82, 2.24) is 20.2 Å². The topological polar surface area (TPSA) is 70.2 Å². The van der Waals surface area contributed by atoms with Crippen molar-refractivity contribution in [1.29, 1.82) is 0 Å². The van der Waals surface area contributed by atoms with Crippen LogP contribution in [0.1, 0.15) is 10.5 Å². The first kappa shape index (κ1) is 14.9. The molecular weight excluding hydrogens is 266 g/mol. The second-order valence-corrected chi connectivity index (χ2v) is 4.84. The van der Waals surface area contributed by atoms with Gasteiger partial charge in [0.25, 0.3) is 5.91 Å². The van der Waals surface area contributed by atoms with Crippen LogP contribution in [0.3, 0.4) is 0 Å². The summed E-state index contributed by atoms with van der Waals surface area (Å²) in [7, 11) is 3.91. The summed E-state index contributed by atoms with van der Waals surface area (Å²) in [4.78, 5) is 22.1. The zero-order valence-electron chi connectivity index (χ0n) is 12.2. The van der Waals surface area contributed by atoms with Gasteiger partial charge in [-0.05, 0) is 26.2 Å². The van der Waals surface area contributed by atoms with Crippen LogP contribution in [0, 0.1) is 0 Å². The Morgan fingerprint density at radius 2 is 1.95 bits per heavy atom. The number of rotatable bonds is 6. The molecule has 2 N–H and O–H groups in total. The van der Waals surface area contributed by atoms with Crippen molar-refractivity contribution in [2.75, 3.05) is 32.5 Å². The Morgan fingerprint density at radius 1 is 1.19 bits per heavy atom. The van der Waals surface area contributed by atoms with E-state index >= 15 is 0 Å². The molecule has 0 spiro atoms. The Bertz CT molecular complexity index is 586. The number of carbonyl (C=O) groups is 1. The third-order valence-electron chi connectivity index (χ3n) is 2.79. The van der Waals surface area contributed by atoms with Gasteiger partial charge < -0.3 is 15.5 Å². The molecule has 1 aromatic carbocycles. The fraction of sp³-hybridized carbons (Fsp3) is 0.267. The molecule has 0 saturated heterocycles. The summed E-state index contributed by atoms with van der Waals surface area (Å²) in [5.41, 5.74) is 1.26. The molecule has 6 nitrogen and oxygen atoms in total. The van der Waals surface area contributed by atoms with Crippen LogP contribution in [0.4, 0.5) is 11.5 Å². The second-order valence-electron chi connectivity index (χ2n) is 4.84. The maximum atomic E-state index is 12.0. The highest BCUT2D eigenvalue weighted by atomic mass is 16.1. The molecule has 0 bridgehead atoms. The number of likely N-dealkylation sites (N-methyl/N-ethyl adjacent to an activating group) is 1. The van der Waals surface area contributed by atoms with Crippen LogP contribution in [0.15, 0.2) is 42.7 Å². The van der Waals surface area contributed by atoms with Crippen LogP contribution in [-0.2, 0) is 0 Å². The van der Waals surface area contributed by atoms with Gasteiger partial charge in [0.15, 0.2) is 0 Å². The lowest BCUT2D eigenvalue weighted by Gasteiger charge is -2.10. The molecule has 0 atom stereocenters. The number of para-hydroxylation sites is 1. The van der Waals surface area contributed by atoms with E-state index in [0.717, 1.165) is 12.2 Å². The number of hydrogen-bond acceptors (Lipinski definition) is 5. The Hall–Kier alpha value is -2.47. The van der Waals surface area contributed by atoms with Gasteiger partial charge >= 0.3 is 0 Å². The van der Waals surface area contributed by atoms with E-state index in [0.29, 0.717) is 18.1 Å². The maximum Gasteiger partial charge on any atom is 0.270 e. The zero-order valence-corrected chi connectivity index (χ0v) is 12.2. The highest BCUT2D eigenvalue weighted by Crippen LogP contribution is 2.13. The van der Waals surface area contributed by atoms with Gasteiger partial charge in [0, 0.05) is 24.8 Å². The molecule has 0 fully saturated rings. The van der Waals surface area contributed by atoms with E-state index in [2.05, 4.69) is 20.6 Å². The van der Waals surface area contributed by atoms with E-state index in [-0.39, 0.29) is 5.91 Å². The van der Waals surface area contributed by atoms with E-state index in [9.17, 15) is 4.79 Å². The molecule has 1 amide bonds. The molecule has 6 heteroatoms. The number of nitrogens with zero attached hydrogens (tertiary/aromatic N) is 3. The standard InChI is InChI=1S/C15H19N5O/c1-20(2)9-8-16-15(21)13-10-14(18-11-17-13)19-12-6-4-3-5-7-12/h3-7,10-11H,8-9H2,1-2H3,(H,16,21)(H,17,18,19). The van der Waals surface area contributed by atoms with E-state index in [1.54, 1.807) is 6.07 Å². The minimum Gasteiger partial charge on any atom is -0.349 e. The lowest BCUT2D eigenvalue weighted by atomic mass is 10.3. The number of anilines is 2. The van der Waals surface area contributed by atoms with Gasteiger partial charge in [-0.2, -0.15) is 0 Å². The lowest BCUT2D eigenvalue weighted by Crippen LogP contribution is -2.31. The van der Waals surface area contributed by atoms with Crippen molar-refractivity contribution < 1.29 is 4.79 Å². The van der Waals surface area contributed by atoms with Gasteiger partial charge in [0.2, 0.25) is 0 Å². The summed E-state index contributed by atoms with van der Waals surface area (Å²) < 4.78 is 0. The molecule has 0 aliphatic heterocycles. The molecule has 1 heterocycles. The van der Waals surface area contributed by atoms with E-state index in [1.807, 2.05) is 49.3 Å². The third-order valence-corrected chi connectivity index (χ3v) is 2.79. The number of nitrogens with one attached hydrogen (secondary N) is 2. The second kappa shape index (κ2) is 7.35. The average molecular weight is 285 g/mol. The van der Waals surface area contributed by atoms with Gasteiger partial charge in [-0.25, -0.2) is 9.97 Å². The van der Waals surface area contributed by atoms with E-state index < -0.39 is 0 Å². The quantitative estimate of drug-likeness (QED) is 0.842. The fourth-order valence-electron chi connectivity index (χ4n) is 1.70. The van der Waals surface area contributed by atoms with Crippen LogP contribution < -0.4 is 10.6 Å². The van der Waals surface area contributed by atoms with Gasteiger partial charge in [0.05, 0.1) is 0 Å². The number of carbonyl (C=O) groups excluding carboxylic acids is 1. The molecule has 0 aliphatic rings. The largest absolute Gasteiger partial charge is 0.349 e. The van der Waals surface area contributed by atoms with Crippen LogP contribution in [0.2, 0.25) is 0 Å². The van der Waals surface area contributed by atoms with Crippen molar-refractivity contribution in [3.8, 4) is 0 Å². The third kappa shape index (κ3) is 4.85. The number of amides is 1. The molecule has 21 heavy (non-hydrogen) atoms. The highest BCUT2D eigenvalue weighted by Gasteiger charge is 2.08. The predicted molar refractivity (Wildman–Crippen MR) is 82.6 cm³/mol. The lowest BCUT2D eigenvalue weighted by molar-refractivity contribution is 0.0946. The van der Waals surface area contributed by atoms with Gasteiger partial charge in [-0.1, -0.05) is 18.2 Å². The molecule has 0 saturated carbocycles. The maximum absolute atomic E-state index is 12.0. The summed E-state index contributed by atoms with van der Waals surface area (Å²) in [6.45, 7) is 1.36. The summed E-state index contributed by atoms with van der Waals surface area (Å²) in [5.74, 6) is 0.393. The smallest absolute Gasteiger partial charge is 0.270 e. The van der Waals surface area contributed by atoms with Crippen molar-refractivity contribution in [2.24, 2.45) is 0 Å². The first-order valence-corrected chi connectivity index (χ1v) is 6.72. The molecule has 0 radical (unpaired) electrons. The SMILES string of the molecule is CN(C)CCNC(=O)c1cc(Nc2ccccc2)ncn1. The molecule has 1 aromatic heterocycles. The molecule has 2 aromatic rings. The van der Waals surface area contributed by atoms with Crippen molar-refractivity contribution in [3.63, 3.8) is 0 Å². The van der Waals surface area contributed by atoms with E-state index in [1.165, 1.54) is 6.33 Å². The molecule has 0 unspecified atom stereocenters. The Balaban J connectivity index is 1.98. The van der Waals surface area contributed by atoms with Crippen molar-refractivity contribution >= 4 is 17.4 Å². The van der Waals surface area contributed by atoms with Crippen LogP contribution in [0.5, 0.6) is 0 Å². The monoisotopic (exact) mass is 285 g/mol. The Labute approximate surface area is 124 Å². The van der Waals surface area contributed by atoms with Crippen molar-refractivity contribution in [3.05, 3.63) is 48.4 Å². The summed E-state index contributed by atoms with van der Waals surface area (Å²) in [6, 6.07) is 11.3. The first-order valence-electron chi connectivity index (χ1n) is 6.72. The van der Waals surface area contributed by atoms with Crippen LogP contribution in [0.25, 0.3) is 0 Å². The molecule has 0 aliphatic carbocycles. The Morgan fingerprint density at radius 3 is 2.67 bits per heavy atom. The van der Waals surface area contributed by atoms with Gasteiger partial charge in [-0.15, -0.1) is 0 Å². The minimum atomic E-state index is -0.199. The van der Waals surface area contributed by atoms with E-state index in [4.69, 9.17) is 0 Å². The van der Waals surface area contributed by atoms with Crippen molar-refractivity contribution in [2.45, 2.75) is 0 Å². The fourth-order valence-corrected chi connectivity index (χ4v) is 1.70. The summed E-state index contributed by atoms with van der Waals surface area (Å²) in [6.07, 6.45) is 1.38. The average Bonchev–Trinajstić information content (AvgIpc) is 2.48. The number of benzene rings is 1. The van der Waals surface area contributed by atoms with Crippen LogP contribution in [-0.4, -0.2) is 48.0 Å². The zero-order chi connectivity index (χ0) is 15.1. The molecule has 2 rings (SSSR count). The number of hydrogen-bond donors (Lipinski definition) is 2. The Kier molecular flexibility index (Phi) is 5.22. The normalized spacial score (nSPS) is 10.4. The number of aromatic nitrogens is 2. The summed E-state index contributed by atoms with van der Waals surface area (Å²) in [5, 5.41) is 5.96. The molecule has 110 valence electrons. The van der Waals surface area contributed by atoms with Gasteiger partial charge in [0.1, 0.15) is 17.8 Å².